The van der Waals surface area contributed by atoms with Crippen LogP contribution in [0.15, 0.2) is 30.5 Å². The molecule has 0 aliphatic carbocycles. The first-order valence-corrected chi connectivity index (χ1v) is 5.11. The molecule has 0 atom stereocenters. The van der Waals surface area contributed by atoms with Crippen molar-refractivity contribution >= 4 is 17.2 Å². The summed E-state index contributed by atoms with van der Waals surface area (Å²) in [7, 11) is 0. The third kappa shape index (κ3) is 2.51. The van der Waals surface area contributed by atoms with E-state index in [-0.39, 0.29) is 23.0 Å². The zero-order chi connectivity index (χ0) is 14.0. The number of nitro groups is 1. The molecule has 2 aromatic rings. The summed E-state index contributed by atoms with van der Waals surface area (Å²) in [6.45, 7) is 0. The largest absolute Gasteiger partial charge is 0.450 e. The van der Waals surface area contributed by atoms with Gasteiger partial charge in [0.25, 0.3) is 0 Å². The highest BCUT2D eigenvalue weighted by molar-refractivity contribution is 5.62. The average molecular weight is 264 g/mol. The smallest absolute Gasteiger partial charge is 0.353 e. The quantitative estimate of drug-likeness (QED) is 0.498. The highest BCUT2D eigenvalue weighted by atomic mass is 19.1. The van der Waals surface area contributed by atoms with Crippen molar-refractivity contribution in [3.8, 4) is 11.5 Å². The van der Waals surface area contributed by atoms with Gasteiger partial charge in [0.1, 0.15) is 11.6 Å². The van der Waals surface area contributed by atoms with Crippen LogP contribution in [0.2, 0.25) is 0 Å². The SMILES string of the molecule is Nc1ccc(Oc2ccnc(N)c2[N+](=O)[O-])cc1F. The van der Waals surface area contributed by atoms with Crippen LogP contribution < -0.4 is 16.2 Å². The minimum atomic E-state index is -0.717. The maximum absolute atomic E-state index is 13.2. The maximum atomic E-state index is 13.2. The predicted octanol–water partition coefficient (Wildman–Crippen LogP) is 2.09. The number of rotatable bonds is 3. The molecule has 8 heteroatoms. The number of hydrogen-bond acceptors (Lipinski definition) is 6. The van der Waals surface area contributed by atoms with Crippen molar-refractivity contribution in [1.82, 2.24) is 4.98 Å². The van der Waals surface area contributed by atoms with Gasteiger partial charge in [-0.3, -0.25) is 10.1 Å². The second-order valence-corrected chi connectivity index (χ2v) is 3.59. The first-order chi connectivity index (χ1) is 8.99. The molecule has 1 aromatic heterocycles. The lowest BCUT2D eigenvalue weighted by Gasteiger charge is -2.07. The lowest BCUT2D eigenvalue weighted by molar-refractivity contribution is -0.384. The molecule has 0 aliphatic rings. The zero-order valence-corrected chi connectivity index (χ0v) is 9.54. The van der Waals surface area contributed by atoms with Gasteiger partial charge < -0.3 is 16.2 Å². The van der Waals surface area contributed by atoms with E-state index in [4.69, 9.17) is 16.2 Å². The molecule has 98 valence electrons. The van der Waals surface area contributed by atoms with Crippen molar-refractivity contribution < 1.29 is 14.1 Å². The fourth-order valence-electron chi connectivity index (χ4n) is 1.42. The lowest BCUT2D eigenvalue weighted by atomic mass is 10.3. The number of nitrogens with zero attached hydrogens (tertiary/aromatic N) is 2. The molecule has 0 aliphatic heterocycles. The van der Waals surface area contributed by atoms with E-state index in [0.29, 0.717) is 0 Å². The summed E-state index contributed by atoms with van der Waals surface area (Å²) in [4.78, 5) is 13.7. The monoisotopic (exact) mass is 264 g/mol. The Hall–Kier alpha value is -2.90. The van der Waals surface area contributed by atoms with Gasteiger partial charge in [-0.15, -0.1) is 0 Å². The number of aromatic nitrogens is 1. The Morgan fingerprint density at radius 1 is 1.32 bits per heavy atom. The number of ether oxygens (including phenoxy) is 1. The second kappa shape index (κ2) is 4.77. The van der Waals surface area contributed by atoms with E-state index in [1.807, 2.05) is 0 Å². The van der Waals surface area contributed by atoms with E-state index in [2.05, 4.69) is 4.98 Å². The highest BCUT2D eigenvalue weighted by Crippen LogP contribution is 2.34. The first kappa shape index (κ1) is 12.6. The molecule has 0 saturated carbocycles. The Bertz CT molecular complexity index is 648. The van der Waals surface area contributed by atoms with Crippen molar-refractivity contribution in [2.75, 3.05) is 11.5 Å². The second-order valence-electron chi connectivity index (χ2n) is 3.59. The average Bonchev–Trinajstić information content (AvgIpc) is 2.33. The molecular formula is C11H9FN4O3. The fourth-order valence-corrected chi connectivity index (χ4v) is 1.42. The van der Waals surface area contributed by atoms with E-state index < -0.39 is 16.4 Å². The maximum Gasteiger partial charge on any atom is 0.353 e. The Labute approximate surface area is 106 Å². The summed E-state index contributed by atoms with van der Waals surface area (Å²) in [6.07, 6.45) is 1.26. The summed E-state index contributed by atoms with van der Waals surface area (Å²) < 4.78 is 18.5. The summed E-state index contributed by atoms with van der Waals surface area (Å²) >= 11 is 0. The molecule has 0 spiro atoms. The van der Waals surface area contributed by atoms with Gasteiger partial charge in [0.05, 0.1) is 10.6 Å². The van der Waals surface area contributed by atoms with Crippen molar-refractivity contribution in [2.45, 2.75) is 0 Å². The molecule has 1 heterocycles. The summed E-state index contributed by atoms with van der Waals surface area (Å²) in [5.41, 5.74) is 10.2. The van der Waals surface area contributed by atoms with Crippen LogP contribution in [-0.2, 0) is 0 Å². The zero-order valence-electron chi connectivity index (χ0n) is 9.54. The van der Waals surface area contributed by atoms with Crippen LogP contribution >= 0.6 is 0 Å². The number of anilines is 2. The van der Waals surface area contributed by atoms with Gasteiger partial charge in [-0.05, 0) is 12.1 Å². The molecule has 19 heavy (non-hydrogen) atoms. The molecule has 0 amide bonds. The van der Waals surface area contributed by atoms with Crippen LogP contribution in [0, 0.1) is 15.9 Å². The topological polar surface area (TPSA) is 117 Å². The van der Waals surface area contributed by atoms with E-state index in [9.17, 15) is 14.5 Å². The van der Waals surface area contributed by atoms with E-state index in [1.165, 1.54) is 24.4 Å². The number of benzene rings is 1. The molecule has 1 aromatic carbocycles. The molecule has 2 rings (SSSR count). The minimum absolute atomic E-state index is 0.0453. The summed E-state index contributed by atoms with van der Waals surface area (Å²) in [5.74, 6) is -1.01. The standard InChI is InChI=1S/C11H9FN4O3/c12-7-5-6(1-2-8(7)13)19-9-3-4-15-11(14)10(9)16(17)18/h1-5H,13H2,(H2,14,15). The van der Waals surface area contributed by atoms with Gasteiger partial charge >= 0.3 is 5.69 Å². The van der Waals surface area contributed by atoms with E-state index in [0.717, 1.165) is 6.07 Å². The molecule has 4 N–H and O–H groups in total. The first-order valence-electron chi connectivity index (χ1n) is 5.11. The molecular weight excluding hydrogens is 255 g/mol. The van der Waals surface area contributed by atoms with Gasteiger partial charge in [0.15, 0.2) is 0 Å². The molecule has 0 radical (unpaired) electrons. The van der Waals surface area contributed by atoms with Gasteiger partial charge in [0.2, 0.25) is 11.6 Å². The molecule has 0 unspecified atom stereocenters. The Morgan fingerprint density at radius 3 is 2.68 bits per heavy atom. The normalized spacial score (nSPS) is 10.2. The Balaban J connectivity index is 2.40. The van der Waals surface area contributed by atoms with Crippen LogP contribution in [0.1, 0.15) is 0 Å². The fraction of sp³-hybridized carbons (Fsp3) is 0. The number of pyridine rings is 1. The minimum Gasteiger partial charge on any atom is -0.450 e. The van der Waals surface area contributed by atoms with Crippen LogP contribution in [0.5, 0.6) is 11.5 Å². The van der Waals surface area contributed by atoms with Crippen LogP contribution in [0.4, 0.5) is 21.6 Å². The van der Waals surface area contributed by atoms with Crippen molar-refractivity contribution in [1.29, 1.82) is 0 Å². The number of hydrogen-bond donors (Lipinski definition) is 2. The highest BCUT2D eigenvalue weighted by Gasteiger charge is 2.21. The van der Waals surface area contributed by atoms with Gasteiger partial charge in [-0.2, -0.15) is 0 Å². The van der Waals surface area contributed by atoms with E-state index >= 15 is 0 Å². The molecule has 0 bridgehead atoms. The van der Waals surface area contributed by atoms with Crippen molar-refractivity contribution in [2.24, 2.45) is 0 Å². The Kier molecular flexibility index (Phi) is 3.15. The Morgan fingerprint density at radius 2 is 2.05 bits per heavy atom. The van der Waals surface area contributed by atoms with Gasteiger partial charge in [-0.1, -0.05) is 0 Å². The number of halogens is 1. The molecule has 0 fully saturated rings. The third-order valence-electron chi connectivity index (χ3n) is 2.30. The summed E-state index contributed by atoms with van der Waals surface area (Å²) in [6, 6.07) is 4.97. The van der Waals surface area contributed by atoms with Crippen LogP contribution in [0.3, 0.4) is 0 Å². The molecule has 7 nitrogen and oxygen atoms in total. The number of nitrogens with two attached hydrogens (primary N) is 2. The van der Waals surface area contributed by atoms with Crippen LogP contribution in [0.25, 0.3) is 0 Å². The van der Waals surface area contributed by atoms with Gasteiger partial charge in [-0.25, -0.2) is 9.37 Å². The van der Waals surface area contributed by atoms with Crippen LogP contribution in [-0.4, -0.2) is 9.91 Å². The van der Waals surface area contributed by atoms with E-state index in [1.54, 1.807) is 0 Å². The lowest BCUT2D eigenvalue weighted by Crippen LogP contribution is -2.01. The summed E-state index contributed by atoms with van der Waals surface area (Å²) in [5, 5.41) is 10.9. The van der Waals surface area contributed by atoms with Gasteiger partial charge in [0, 0.05) is 18.3 Å². The third-order valence-corrected chi connectivity index (χ3v) is 2.30. The predicted molar refractivity (Wildman–Crippen MR) is 66.2 cm³/mol. The number of nitrogen functional groups attached to an aromatic ring is 2. The van der Waals surface area contributed by atoms with Crippen molar-refractivity contribution in [3.63, 3.8) is 0 Å². The molecule has 0 saturated heterocycles. The van der Waals surface area contributed by atoms with Crippen molar-refractivity contribution in [3.05, 3.63) is 46.4 Å².